The van der Waals surface area contributed by atoms with Gasteiger partial charge in [0.05, 0.1) is 6.61 Å². The first-order valence-corrected chi connectivity index (χ1v) is 28.8. The fourth-order valence-corrected chi connectivity index (χ4v) is 7.60. The Bertz CT molecular complexity index is 1890. The van der Waals surface area contributed by atoms with E-state index in [1.165, 1.54) is 0 Å². The number of aliphatic hydroxyl groups is 2. The van der Waals surface area contributed by atoms with Crippen LogP contribution >= 0.6 is 0 Å². The highest BCUT2D eigenvalue weighted by Gasteiger charge is 2.50. The molecule has 0 spiro atoms. The number of hydrogen-bond donors (Lipinski definition) is 3. The molecule has 0 saturated carbocycles. The first-order chi connectivity index (χ1) is 37.6. The summed E-state index contributed by atoms with van der Waals surface area (Å²) in [5.74, 6) is -3.32. The Morgan fingerprint density at radius 3 is 1.25 bits per heavy atom. The number of carbonyl (C=O) groups is 4. The van der Waals surface area contributed by atoms with E-state index in [1.54, 1.807) is 0 Å². The second kappa shape index (κ2) is 51.4. The number of carboxylic acid groups (broad SMARTS) is 1. The molecule has 0 aromatic heterocycles. The summed E-state index contributed by atoms with van der Waals surface area (Å²) in [7, 11) is 0. The molecule has 0 bridgehead atoms. The summed E-state index contributed by atoms with van der Waals surface area (Å²) < 4.78 is 28.3. The molecule has 0 aromatic rings. The van der Waals surface area contributed by atoms with Crippen LogP contribution in [0.15, 0.2) is 146 Å². The molecule has 430 valence electrons. The minimum atomic E-state index is -1.93. The lowest BCUT2D eigenvalue weighted by Crippen LogP contribution is -2.61. The van der Waals surface area contributed by atoms with Crippen molar-refractivity contribution in [1.29, 1.82) is 0 Å². The molecular weight excluding hydrogens is 973 g/mol. The van der Waals surface area contributed by atoms with E-state index in [-0.39, 0.29) is 25.9 Å². The third-order valence-electron chi connectivity index (χ3n) is 11.9. The number of carboxylic acids is 1. The molecule has 0 radical (unpaired) electrons. The van der Waals surface area contributed by atoms with Crippen LogP contribution in [-0.2, 0) is 42.9 Å². The van der Waals surface area contributed by atoms with Crippen LogP contribution in [0.4, 0.5) is 0 Å². The van der Waals surface area contributed by atoms with Crippen molar-refractivity contribution in [2.75, 3.05) is 13.2 Å². The van der Waals surface area contributed by atoms with E-state index >= 15 is 0 Å². The Labute approximate surface area is 463 Å². The third kappa shape index (κ3) is 41.4. The van der Waals surface area contributed by atoms with Gasteiger partial charge in [0.2, 0.25) is 0 Å². The quantitative estimate of drug-likeness (QED) is 0.0228. The van der Waals surface area contributed by atoms with Crippen molar-refractivity contribution < 1.29 is 58.2 Å². The van der Waals surface area contributed by atoms with Crippen LogP contribution in [0.5, 0.6) is 0 Å². The van der Waals surface area contributed by atoms with E-state index in [2.05, 4.69) is 154 Å². The van der Waals surface area contributed by atoms with Gasteiger partial charge in [0, 0.05) is 19.3 Å². The first kappa shape index (κ1) is 69.6. The molecule has 1 fully saturated rings. The van der Waals surface area contributed by atoms with Crippen LogP contribution in [0.1, 0.15) is 188 Å². The number of esters is 3. The van der Waals surface area contributed by atoms with E-state index in [4.69, 9.17) is 23.7 Å². The Morgan fingerprint density at radius 2 is 0.805 bits per heavy atom. The lowest BCUT2D eigenvalue weighted by molar-refractivity contribution is -0.301. The molecule has 6 unspecified atom stereocenters. The van der Waals surface area contributed by atoms with Gasteiger partial charge in [0.15, 0.2) is 24.6 Å². The van der Waals surface area contributed by atoms with Crippen molar-refractivity contribution in [3.05, 3.63) is 146 Å². The number of rotatable bonds is 46. The second-order valence-corrected chi connectivity index (χ2v) is 18.8. The van der Waals surface area contributed by atoms with Crippen molar-refractivity contribution in [1.82, 2.24) is 0 Å². The van der Waals surface area contributed by atoms with Crippen LogP contribution in [0.25, 0.3) is 0 Å². The van der Waals surface area contributed by atoms with Crippen LogP contribution < -0.4 is 0 Å². The number of aliphatic carboxylic acids is 1. The number of ether oxygens (including phenoxy) is 5. The molecule has 6 atom stereocenters. The molecule has 12 nitrogen and oxygen atoms in total. The molecule has 12 heteroatoms. The average Bonchev–Trinajstić information content (AvgIpc) is 3.42. The molecule has 0 aromatic carbocycles. The predicted octanol–water partition coefficient (Wildman–Crippen LogP) is 14.8. The number of unbranched alkanes of at least 4 members (excludes halogenated alkanes) is 8. The minimum Gasteiger partial charge on any atom is -0.479 e. The zero-order valence-corrected chi connectivity index (χ0v) is 47.1. The number of aliphatic hydroxyl groups excluding tert-OH is 2. The van der Waals surface area contributed by atoms with Crippen LogP contribution in [0.3, 0.4) is 0 Å². The summed E-state index contributed by atoms with van der Waals surface area (Å²) in [5, 5.41) is 31.4. The predicted molar refractivity (Wildman–Crippen MR) is 312 cm³/mol. The number of carbonyl (C=O) groups excluding carboxylic acids is 3. The highest BCUT2D eigenvalue weighted by atomic mass is 16.7. The van der Waals surface area contributed by atoms with Gasteiger partial charge < -0.3 is 39.0 Å². The van der Waals surface area contributed by atoms with Gasteiger partial charge in [-0.25, -0.2) is 4.79 Å². The van der Waals surface area contributed by atoms with E-state index in [9.17, 15) is 34.5 Å². The maximum atomic E-state index is 13.1. The molecular formula is C65H98O12. The van der Waals surface area contributed by atoms with Gasteiger partial charge in [0.25, 0.3) is 0 Å². The van der Waals surface area contributed by atoms with E-state index in [1.807, 2.05) is 12.2 Å². The number of allylic oxidation sites excluding steroid dienone is 24. The highest BCUT2D eigenvalue weighted by molar-refractivity contribution is 5.74. The van der Waals surface area contributed by atoms with E-state index < -0.39 is 67.3 Å². The summed E-state index contributed by atoms with van der Waals surface area (Å²) in [5.41, 5.74) is 0. The Balaban J connectivity index is 2.78. The molecule has 0 aliphatic carbocycles. The van der Waals surface area contributed by atoms with Gasteiger partial charge in [-0.15, -0.1) is 0 Å². The van der Waals surface area contributed by atoms with Crippen LogP contribution in [0, 0.1) is 0 Å². The molecule has 1 rings (SSSR count). The molecule has 3 N–H and O–H groups in total. The topological polar surface area (TPSA) is 175 Å². The second-order valence-electron chi connectivity index (χ2n) is 18.8. The third-order valence-corrected chi connectivity index (χ3v) is 11.9. The van der Waals surface area contributed by atoms with Gasteiger partial charge in [-0.05, 0) is 122 Å². The van der Waals surface area contributed by atoms with Gasteiger partial charge in [-0.3, -0.25) is 14.4 Å². The summed E-state index contributed by atoms with van der Waals surface area (Å²) in [6.45, 7) is 5.53. The van der Waals surface area contributed by atoms with Crippen molar-refractivity contribution in [2.24, 2.45) is 0 Å². The summed E-state index contributed by atoms with van der Waals surface area (Å²) in [6, 6.07) is 0. The van der Waals surface area contributed by atoms with Crippen molar-refractivity contribution in [3.63, 3.8) is 0 Å². The standard InChI is InChI=1S/C65H98O12/c1-4-7-10-13-16-19-22-25-27-28-29-30-32-34-36-39-42-45-48-51-57(66)73-54-56(75-58(67)52-49-46-43-40-38-35-31-26-23-20-17-14-11-8-5-2)55-74-65-63(61(70)60(69)62(77-65)64(71)72)76-59(68)53-50-47-44-41-37-33-24-21-18-15-12-9-6-3/h7-12,16-21,25-27,29-31,33-34,36-37,42,45,56,60-63,65,69-70H,4-6,13-15,22-24,28,32,35,38-41,43-44,46-55H2,1-3H3,(H,71,72)/b10-7-,11-8-,12-9-,19-16-,20-17-,21-18-,27-25-,30-29-,31-26-,36-34-,37-33-,45-42-. The monoisotopic (exact) mass is 1070 g/mol. The molecule has 1 heterocycles. The smallest absolute Gasteiger partial charge is 0.335 e. The SMILES string of the molecule is CC/C=C\C/C=C\C/C=C\C/C=C\C/C=C\C/C=C\CCC(=O)OCC(COC1OC(C(=O)O)C(O)C(O)C1OC(=O)CCCCC/C=C\C/C=C\C/C=C\CC)OC(=O)CCCCCCC/C=C\C/C=C\C/C=C\CC. The Kier molecular flexibility index (Phi) is 46.4. The fraction of sp³-hybridized carbons (Fsp3) is 0.569. The highest BCUT2D eigenvalue weighted by Crippen LogP contribution is 2.26. The molecule has 1 saturated heterocycles. The normalized spacial score (nSPS) is 19.1. The summed E-state index contributed by atoms with van der Waals surface area (Å²) >= 11 is 0. The maximum absolute atomic E-state index is 13.1. The van der Waals surface area contributed by atoms with Crippen molar-refractivity contribution >= 4 is 23.9 Å². The summed E-state index contributed by atoms with van der Waals surface area (Å²) in [6.07, 6.45) is 61.2. The lowest BCUT2D eigenvalue weighted by Gasteiger charge is -2.40. The molecule has 77 heavy (non-hydrogen) atoms. The van der Waals surface area contributed by atoms with Crippen molar-refractivity contribution in [2.45, 2.75) is 225 Å². The maximum Gasteiger partial charge on any atom is 0.335 e. The molecule has 1 aliphatic rings. The lowest BCUT2D eigenvalue weighted by atomic mass is 9.98. The zero-order valence-electron chi connectivity index (χ0n) is 47.1. The first-order valence-electron chi connectivity index (χ1n) is 28.8. The zero-order chi connectivity index (χ0) is 56.1. The minimum absolute atomic E-state index is 0.00732. The Morgan fingerprint density at radius 1 is 0.429 bits per heavy atom. The van der Waals surface area contributed by atoms with Gasteiger partial charge in [-0.1, -0.05) is 192 Å². The molecule has 0 amide bonds. The van der Waals surface area contributed by atoms with Crippen molar-refractivity contribution in [3.8, 4) is 0 Å². The largest absolute Gasteiger partial charge is 0.479 e. The fourth-order valence-electron chi connectivity index (χ4n) is 7.60. The van der Waals surface area contributed by atoms with Crippen LogP contribution in [0.2, 0.25) is 0 Å². The average molecular weight is 1070 g/mol. The molecule has 1 aliphatic heterocycles. The van der Waals surface area contributed by atoms with E-state index in [0.29, 0.717) is 25.7 Å². The Hall–Kier alpha value is -5.40. The van der Waals surface area contributed by atoms with Gasteiger partial charge >= 0.3 is 23.9 Å². The van der Waals surface area contributed by atoms with E-state index in [0.717, 1.165) is 122 Å². The van der Waals surface area contributed by atoms with Gasteiger partial charge in [-0.2, -0.15) is 0 Å². The number of hydrogen-bond acceptors (Lipinski definition) is 11. The summed E-state index contributed by atoms with van der Waals surface area (Å²) in [4.78, 5) is 51.1. The van der Waals surface area contributed by atoms with Crippen LogP contribution in [-0.4, -0.2) is 89.2 Å². The van der Waals surface area contributed by atoms with Gasteiger partial charge in [0.1, 0.15) is 18.8 Å².